The van der Waals surface area contributed by atoms with Crippen LogP contribution in [-0.2, 0) is 11.3 Å². The number of nitrogens with zero attached hydrogens (tertiary/aromatic N) is 2. The van der Waals surface area contributed by atoms with E-state index >= 15 is 0 Å². The number of fused-ring (bicyclic) bond motifs is 1. The average Bonchev–Trinajstić information content (AvgIpc) is 2.78. The molecule has 8 heteroatoms. The van der Waals surface area contributed by atoms with Gasteiger partial charge < -0.3 is 5.32 Å². The molecule has 0 saturated heterocycles. The van der Waals surface area contributed by atoms with Gasteiger partial charge in [0.25, 0.3) is 5.56 Å². The van der Waals surface area contributed by atoms with E-state index in [2.05, 4.69) is 10.3 Å². The molecule has 0 bridgehead atoms. The number of hydrogen-bond acceptors (Lipinski definition) is 4. The smallest absolute Gasteiger partial charge is 0.262 e. The van der Waals surface area contributed by atoms with E-state index in [1.165, 1.54) is 11.8 Å². The summed E-state index contributed by atoms with van der Waals surface area (Å²) >= 11 is 13.4. The topological polar surface area (TPSA) is 64.0 Å². The Labute approximate surface area is 199 Å². The Morgan fingerprint density at radius 3 is 2.56 bits per heavy atom. The van der Waals surface area contributed by atoms with E-state index in [9.17, 15) is 9.59 Å². The van der Waals surface area contributed by atoms with Crippen LogP contribution in [0.15, 0.2) is 76.7 Å². The first-order valence-corrected chi connectivity index (χ1v) is 11.6. The Hall–Kier alpha value is -2.80. The van der Waals surface area contributed by atoms with Crippen LogP contribution in [0.3, 0.4) is 0 Å². The Kier molecular flexibility index (Phi) is 6.84. The van der Waals surface area contributed by atoms with E-state index in [1.54, 1.807) is 41.0 Å². The SMILES string of the molecule is Cc1ccc(NC(=O)CSc2nc3ccccc3c(=O)n2Cc2ccc(Cl)cc2)c(Cl)c1. The fraction of sp³-hybridized carbons (Fsp3) is 0.125. The summed E-state index contributed by atoms with van der Waals surface area (Å²) in [5.41, 5.74) is 2.90. The van der Waals surface area contributed by atoms with Crippen molar-refractivity contribution in [2.75, 3.05) is 11.1 Å². The zero-order valence-electron chi connectivity index (χ0n) is 17.1. The number of hydrogen-bond donors (Lipinski definition) is 1. The van der Waals surface area contributed by atoms with Crippen LogP contribution in [-0.4, -0.2) is 21.2 Å². The molecule has 0 fully saturated rings. The molecule has 1 aromatic heterocycles. The molecule has 1 amide bonds. The quantitative estimate of drug-likeness (QED) is 0.278. The molecular formula is C24H19Cl2N3O2S. The van der Waals surface area contributed by atoms with E-state index in [4.69, 9.17) is 23.2 Å². The maximum Gasteiger partial charge on any atom is 0.262 e. The van der Waals surface area contributed by atoms with Crippen molar-refractivity contribution in [3.05, 3.63) is 98.3 Å². The van der Waals surface area contributed by atoms with E-state index in [-0.39, 0.29) is 17.2 Å². The van der Waals surface area contributed by atoms with E-state index in [1.807, 2.05) is 37.3 Å². The van der Waals surface area contributed by atoms with Gasteiger partial charge in [0, 0.05) is 5.02 Å². The number of carbonyl (C=O) groups excluding carboxylic acids is 1. The highest BCUT2D eigenvalue weighted by Crippen LogP contribution is 2.24. The summed E-state index contributed by atoms with van der Waals surface area (Å²) in [6.45, 7) is 2.25. The summed E-state index contributed by atoms with van der Waals surface area (Å²) in [5.74, 6) is -0.156. The number of nitrogens with one attached hydrogen (secondary N) is 1. The molecule has 0 atom stereocenters. The molecule has 0 radical (unpaired) electrons. The first-order chi connectivity index (χ1) is 15.4. The average molecular weight is 484 g/mol. The Morgan fingerprint density at radius 1 is 1.06 bits per heavy atom. The maximum absolute atomic E-state index is 13.2. The third-order valence-electron chi connectivity index (χ3n) is 4.81. The predicted octanol–water partition coefficient (Wildman–Crippen LogP) is 5.79. The molecule has 1 N–H and O–H groups in total. The van der Waals surface area contributed by atoms with Gasteiger partial charge in [-0.05, 0) is 54.4 Å². The van der Waals surface area contributed by atoms with Gasteiger partial charge in [-0.15, -0.1) is 0 Å². The minimum absolute atomic E-state index is 0.0790. The van der Waals surface area contributed by atoms with Crippen LogP contribution in [0.5, 0.6) is 0 Å². The molecule has 0 unspecified atom stereocenters. The molecule has 32 heavy (non-hydrogen) atoms. The van der Waals surface area contributed by atoms with Gasteiger partial charge in [-0.3, -0.25) is 14.2 Å². The van der Waals surface area contributed by atoms with Gasteiger partial charge in [-0.25, -0.2) is 4.98 Å². The summed E-state index contributed by atoms with van der Waals surface area (Å²) in [5, 5.41) is 4.91. The lowest BCUT2D eigenvalue weighted by Crippen LogP contribution is -2.25. The lowest BCUT2D eigenvalue weighted by Gasteiger charge is -2.14. The van der Waals surface area contributed by atoms with Gasteiger partial charge in [-0.1, -0.05) is 65.3 Å². The highest BCUT2D eigenvalue weighted by molar-refractivity contribution is 7.99. The zero-order valence-corrected chi connectivity index (χ0v) is 19.5. The van der Waals surface area contributed by atoms with Gasteiger partial charge in [0.1, 0.15) is 0 Å². The van der Waals surface area contributed by atoms with Crippen molar-refractivity contribution < 1.29 is 4.79 Å². The monoisotopic (exact) mass is 483 g/mol. The fourth-order valence-electron chi connectivity index (χ4n) is 3.21. The van der Waals surface area contributed by atoms with Crippen molar-refractivity contribution in [1.82, 2.24) is 9.55 Å². The third-order valence-corrected chi connectivity index (χ3v) is 6.35. The second kappa shape index (κ2) is 9.77. The fourth-order valence-corrected chi connectivity index (χ4v) is 4.41. The van der Waals surface area contributed by atoms with Crippen LogP contribution in [0, 0.1) is 6.92 Å². The number of anilines is 1. The van der Waals surface area contributed by atoms with Gasteiger partial charge in [0.2, 0.25) is 5.91 Å². The number of carbonyl (C=O) groups is 1. The van der Waals surface area contributed by atoms with Gasteiger partial charge >= 0.3 is 0 Å². The molecule has 4 aromatic rings. The molecule has 0 aliphatic rings. The number of para-hydroxylation sites is 1. The summed E-state index contributed by atoms with van der Waals surface area (Å²) in [7, 11) is 0. The summed E-state index contributed by atoms with van der Waals surface area (Å²) in [6.07, 6.45) is 0. The molecule has 162 valence electrons. The number of aromatic nitrogens is 2. The van der Waals surface area contributed by atoms with Crippen molar-refractivity contribution in [1.29, 1.82) is 0 Å². The zero-order chi connectivity index (χ0) is 22.7. The Balaban J connectivity index is 1.61. The second-order valence-corrected chi connectivity index (χ2v) is 9.04. The van der Waals surface area contributed by atoms with Crippen molar-refractivity contribution in [3.63, 3.8) is 0 Å². The molecule has 0 aliphatic heterocycles. The molecule has 0 spiro atoms. The van der Waals surface area contributed by atoms with Crippen LogP contribution in [0.4, 0.5) is 5.69 Å². The lowest BCUT2D eigenvalue weighted by atomic mass is 10.2. The Morgan fingerprint density at radius 2 is 1.81 bits per heavy atom. The van der Waals surface area contributed by atoms with Crippen molar-refractivity contribution in [3.8, 4) is 0 Å². The molecule has 4 rings (SSSR count). The van der Waals surface area contributed by atoms with Crippen LogP contribution >= 0.6 is 35.0 Å². The molecule has 0 aliphatic carbocycles. The molecule has 0 saturated carbocycles. The first kappa shape index (κ1) is 22.4. The van der Waals surface area contributed by atoms with E-state index in [0.717, 1.165) is 11.1 Å². The predicted molar refractivity (Wildman–Crippen MR) is 132 cm³/mol. The van der Waals surface area contributed by atoms with E-state index < -0.39 is 0 Å². The molecule has 1 heterocycles. The number of thioether (sulfide) groups is 1. The third kappa shape index (κ3) is 5.15. The first-order valence-electron chi connectivity index (χ1n) is 9.83. The van der Waals surface area contributed by atoms with Crippen LogP contribution in [0.25, 0.3) is 10.9 Å². The summed E-state index contributed by atoms with van der Waals surface area (Å²) in [4.78, 5) is 30.4. The lowest BCUT2D eigenvalue weighted by molar-refractivity contribution is -0.113. The maximum atomic E-state index is 13.2. The highest BCUT2D eigenvalue weighted by Gasteiger charge is 2.14. The van der Waals surface area contributed by atoms with Crippen molar-refractivity contribution in [2.45, 2.75) is 18.6 Å². The molecular weight excluding hydrogens is 465 g/mol. The number of aryl methyl sites for hydroxylation is 1. The van der Waals surface area contributed by atoms with Crippen molar-refractivity contribution in [2.24, 2.45) is 0 Å². The number of rotatable bonds is 6. The van der Waals surface area contributed by atoms with Gasteiger partial charge in [-0.2, -0.15) is 0 Å². The minimum Gasteiger partial charge on any atom is -0.324 e. The molecule has 3 aromatic carbocycles. The highest BCUT2D eigenvalue weighted by atomic mass is 35.5. The van der Waals surface area contributed by atoms with Gasteiger partial charge in [0.05, 0.1) is 33.9 Å². The van der Waals surface area contributed by atoms with Crippen LogP contribution in [0.1, 0.15) is 11.1 Å². The normalized spacial score (nSPS) is 11.0. The van der Waals surface area contributed by atoms with Crippen LogP contribution in [0.2, 0.25) is 10.0 Å². The van der Waals surface area contributed by atoms with Crippen molar-refractivity contribution >= 4 is 57.5 Å². The number of halogens is 2. The van der Waals surface area contributed by atoms with Crippen LogP contribution < -0.4 is 10.9 Å². The standard InChI is InChI=1S/C24H19Cl2N3O2S/c1-15-6-11-21(19(26)12-15)27-22(30)14-32-24-28-20-5-3-2-4-18(20)23(31)29(24)13-16-7-9-17(25)10-8-16/h2-12H,13-14H2,1H3,(H,27,30). The number of amides is 1. The second-order valence-electron chi connectivity index (χ2n) is 7.25. The Bertz CT molecular complexity index is 1350. The van der Waals surface area contributed by atoms with Gasteiger partial charge in [0.15, 0.2) is 5.16 Å². The summed E-state index contributed by atoms with van der Waals surface area (Å²) in [6, 6.07) is 19.9. The number of benzene rings is 3. The molecule has 5 nitrogen and oxygen atoms in total. The largest absolute Gasteiger partial charge is 0.324 e. The minimum atomic E-state index is -0.235. The summed E-state index contributed by atoms with van der Waals surface area (Å²) < 4.78 is 1.59. The van der Waals surface area contributed by atoms with E-state index in [0.29, 0.717) is 38.3 Å².